The smallest absolute Gasteiger partial charge is 0.409 e. The van der Waals surface area contributed by atoms with Gasteiger partial charge in [0.2, 0.25) is 11.8 Å². The van der Waals surface area contributed by atoms with Crippen molar-refractivity contribution in [2.75, 3.05) is 46.0 Å². The van der Waals surface area contributed by atoms with Crippen molar-refractivity contribution in [1.82, 2.24) is 25.1 Å². The summed E-state index contributed by atoms with van der Waals surface area (Å²) >= 11 is 0. The summed E-state index contributed by atoms with van der Waals surface area (Å²) in [5, 5.41) is 2.90. The number of benzene rings is 2. The lowest BCUT2D eigenvalue weighted by molar-refractivity contribution is -0.134. The first kappa shape index (κ1) is 35.3. The average Bonchev–Trinajstić information content (AvgIpc) is 3.60. The van der Waals surface area contributed by atoms with Gasteiger partial charge in [0.25, 0.3) is 5.91 Å². The van der Waals surface area contributed by atoms with Crippen LogP contribution in [0.5, 0.6) is 5.88 Å². The quantitative estimate of drug-likeness (QED) is 0.314. The van der Waals surface area contributed by atoms with E-state index in [1.54, 1.807) is 61.8 Å². The molecule has 2 aliphatic heterocycles. The molecule has 1 unspecified atom stereocenters. The normalized spacial score (nSPS) is 16.9. The summed E-state index contributed by atoms with van der Waals surface area (Å²) in [6, 6.07) is 16.5. The first-order valence-corrected chi connectivity index (χ1v) is 16.5. The Morgan fingerprint density at radius 3 is 2.29 bits per heavy atom. The van der Waals surface area contributed by atoms with E-state index in [-0.39, 0.29) is 49.7 Å². The van der Waals surface area contributed by atoms with Gasteiger partial charge in [-0.3, -0.25) is 9.59 Å². The lowest BCUT2D eigenvalue weighted by Gasteiger charge is -2.36. The topological polar surface area (TPSA) is 149 Å². The second-order valence-corrected chi connectivity index (χ2v) is 12.8. The number of carbonyl (C=O) groups excluding carboxylic acids is 4. The molecule has 2 aliphatic rings. The third-order valence-electron chi connectivity index (χ3n) is 7.89. The minimum Gasteiger partial charge on any atom is -0.472 e. The molecule has 0 aliphatic carbocycles. The highest BCUT2D eigenvalue weighted by Gasteiger charge is 2.32. The summed E-state index contributed by atoms with van der Waals surface area (Å²) in [4.78, 5) is 65.1. The van der Waals surface area contributed by atoms with Gasteiger partial charge in [0.15, 0.2) is 5.82 Å². The van der Waals surface area contributed by atoms with Crippen LogP contribution in [0.4, 0.5) is 4.79 Å². The molecule has 1 N–H and O–H groups in total. The average molecular weight is 674 g/mol. The minimum absolute atomic E-state index is 0.0352. The summed E-state index contributed by atoms with van der Waals surface area (Å²) in [6.07, 6.45) is 0.195. The van der Waals surface area contributed by atoms with E-state index in [2.05, 4.69) is 15.3 Å². The number of nitrogens with one attached hydrogen (secondary N) is 1. The van der Waals surface area contributed by atoms with Crippen molar-refractivity contribution in [3.8, 4) is 17.3 Å². The lowest BCUT2D eigenvalue weighted by Crippen LogP contribution is -2.56. The molecule has 13 nitrogen and oxygen atoms in total. The van der Waals surface area contributed by atoms with Gasteiger partial charge in [-0.05, 0) is 45.4 Å². The Morgan fingerprint density at radius 2 is 1.65 bits per heavy atom. The van der Waals surface area contributed by atoms with E-state index < -0.39 is 29.6 Å². The Bertz CT molecular complexity index is 1610. The van der Waals surface area contributed by atoms with Gasteiger partial charge in [-0.2, -0.15) is 4.98 Å². The van der Waals surface area contributed by atoms with Gasteiger partial charge in [-0.1, -0.05) is 42.5 Å². The van der Waals surface area contributed by atoms with Gasteiger partial charge >= 0.3 is 12.1 Å². The Hall–Kier alpha value is -5.04. The van der Waals surface area contributed by atoms with Crippen LogP contribution in [0.1, 0.15) is 60.5 Å². The molecule has 3 amide bonds. The molecule has 1 aromatic heterocycles. The van der Waals surface area contributed by atoms with E-state index in [4.69, 9.17) is 18.9 Å². The van der Waals surface area contributed by atoms with Gasteiger partial charge in [0.1, 0.15) is 23.4 Å². The molecular formula is C36H43N5O8. The first-order chi connectivity index (χ1) is 23.5. The zero-order chi connectivity index (χ0) is 35.0. The molecular weight excluding hydrogens is 630 g/mol. The third kappa shape index (κ3) is 9.75. The van der Waals surface area contributed by atoms with Crippen molar-refractivity contribution in [3.63, 3.8) is 0 Å². The van der Waals surface area contributed by atoms with E-state index in [1.807, 2.05) is 30.3 Å². The lowest BCUT2D eigenvalue weighted by atomic mass is 10.0. The number of carbonyl (C=O) groups is 4. The zero-order valence-electron chi connectivity index (χ0n) is 28.3. The SMILES string of the molecule is CCOC(=O)N1CCN(C(=O)C(Cc2ccc(C(=O)OC(C)(C)C)cc2)NC(=O)c2cc(O[C@H]3CCOC3)nc(-c3ccccc3)n2)CC1. The monoisotopic (exact) mass is 673 g/mol. The molecule has 0 bridgehead atoms. The number of rotatable bonds is 10. The van der Waals surface area contributed by atoms with Crippen LogP contribution in [0, 0.1) is 0 Å². The fourth-order valence-corrected chi connectivity index (χ4v) is 5.42. The summed E-state index contributed by atoms with van der Waals surface area (Å²) in [5.41, 5.74) is 1.17. The molecule has 0 saturated carbocycles. The maximum atomic E-state index is 14.0. The van der Waals surface area contributed by atoms with E-state index in [0.717, 1.165) is 0 Å². The Balaban J connectivity index is 1.39. The fraction of sp³-hybridized carbons (Fsp3) is 0.444. The van der Waals surface area contributed by atoms with Crippen molar-refractivity contribution < 1.29 is 38.1 Å². The Morgan fingerprint density at radius 1 is 0.959 bits per heavy atom. The largest absolute Gasteiger partial charge is 0.472 e. The molecule has 3 aromatic rings. The number of esters is 1. The second kappa shape index (κ2) is 15.9. The molecule has 2 aromatic carbocycles. The van der Waals surface area contributed by atoms with E-state index in [1.165, 1.54) is 6.07 Å². The Labute approximate surface area is 285 Å². The molecule has 2 saturated heterocycles. The maximum Gasteiger partial charge on any atom is 0.409 e. The van der Waals surface area contributed by atoms with Crippen molar-refractivity contribution in [2.45, 2.75) is 58.3 Å². The molecule has 0 radical (unpaired) electrons. The molecule has 2 fully saturated rings. The van der Waals surface area contributed by atoms with E-state index >= 15 is 0 Å². The number of nitrogens with zero attached hydrogens (tertiary/aromatic N) is 4. The highest BCUT2D eigenvalue weighted by molar-refractivity contribution is 5.97. The van der Waals surface area contributed by atoms with Gasteiger partial charge in [-0.15, -0.1) is 0 Å². The number of amides is 3. The summed E-state index contributed by atoms with van der Waals surface area (Å²) in [7, 11) is 0. The number of aromatic nitrogens is 2. The van der Waals surface area contributed by atoms with Crippen LogP contribution in [0.15, 0.2) is 60.7 Å². The standard InChI is InChI=1S/C36H43N5O8/c1-5-47-35(45)41-18-16-40(17-19-41)33(43)29(21-24-11-13-26(14-12-24)34(44)49-36(2,3)4)38-32(42)28-22-30(48-27-15-20-46-23-27)39-31(37-28)25-9-7-6-8-10-25/h6-14,22,27,29H,5,15-21,23H2,1-4H3,(H,38,42)/t27-,29?/m0/s1. The molecule has 0 spiro atoms. The van der Waals surface area contributed by atoms with Crippen LogP contribution in [0.25, 0.3) is 11.4 Å². The van der Waals surface area contributed by atoms with Crippen molar-refractivity contribution in [1.29, 1.82) is 0 Å². The van der Waals surface area contributed by atoms with Crippen LogP contribution in [0.2, 0.25) is 0 Å². The highest BCUT2D eigenvalue weighted by Crippen LogP contribution is 2.22. The summed E-state index contributed by atoms with van der Waals surface area (Å²) in [6.45, 7) is 9.52. The van der Waals surface area contributed by atoms with Gasteiger partial charge in [-0.25, -0.2) is 14.6 Å². The molecule has 13 heteroatoms. The van der Waals surface area contributed by atoms with E-state index in [0.29, 0.717) is 55.2 Å². The zero-order valence-corrected chi connectivity index (χ0v) is 28.3. The number of piperazine rings is 1. The number of hydrogen-bond donors (Lipinski definition) is 1. The Kier molecular flexibility index (Phi) is 11.4. The number of hydrogen-bond acceptors (Lipinski definition) is 10. The van der Waals surface area contributed by atoms with Crippen molar-refractivity contribution in [3.05, 3.63) is 77.5 Å². The van der Waals surface area contributed by atoms with Crippen molar-refractivity contribution in [2.24, 2.45) is 0 Å². The first-order valence-electron chi connectivity index (χ1n) is 16.5. The van der Waals surface area contributed by atoms with E-state index in [9.17, 15) is 19.2 Å². The van der Waals surface area contributed by atoms with Gasteiger partial charge < -0.3 is 34.1 Å². The summed E-state index contributed by atoms with van der Waals surface area (Å²) < 4.78 is 22.1. The van der Waals surface area contributed by atoms with Gasteiger partial charge in [0.05, 0.1) is 25.4 Å². The van der Waals surface area contributed by atoms with Crippen LogP contribution < -0.4 is 10.1 Å². The summed E-state index contributed by atoms with van der Waals surface area (Å²) in [5.74, 6) is -0.825. The van der Waals surface area contributed by atoms with Crippen LogP contribution in [-0.4, -0.2) is 107 Å². The predicted molar refractivity (Wildman–Crippen MR) is 179 cm³/mol. The van der Waals surface area contributed by atoms with Gasteiger partial charge in [0, 0.05) is 50.7 Å². The molecule has 2 atom stereocenters. The predicted octanol–water partition coefficient (Wildman–Crippen LogP) is 3.91. The second-order valence-electron chi connectivity index (χ2n) is 12.8. The van der Waals surface area contributed by atoms with Crippen molar-refractivity contribution >= 4 is 23.9 Å². The highest BCUT2D eigenvalue weighted by atomic mass is 16.6. The molecule has 3 heterocycles. The molecule has 260 valence electrons. The van der Waals surface area contributed by atoms with Crippen LogP contribution in [0.3, 0.4) is 0 Å². The van der Waals surface area contributed by atoms with Crippen LogP contribution in [-0.2, 0) is 25.4 Å². The van der Waals surface area contributed by atoms with Crippen LogP contribution >= 0.6 is 0 Å². The molecule has 5 rings (SSSR count). The maximum absolute atomic E-state index is 14.0. The number of ether oxygens (including phenoxy) is 4. The third-order valence-corrected chi connectivity index (χ3v) is 7.89. The fourth-order valence-electron chi connectivity index (χ4n) is 5.42. The minimum atomic E-state index is -0.989. The molecule has 49 heavy (non-hydrogen) atoms.